The van der Waals surface area contributed by atoms with Crippen LogP contribution in [0.15, 0.2) is 40.4 Å². The van der Waals surface area contributed by atoms with Crippen LogP contribution in [0, 0.1) is 20.8 Å². The highest BCUT2D eigenvalue weighted by atomic mass is 32.2. The number of pyridine rings is 1. The number of nitrogens with zero attached hydrogens (tertiary/aromatic N) is 2. The molecule has 2 aromatic rings. The van der Waals surface area contributed by atoms with Gasteiger partial charge in [0.2, 0.25) is 15.9 Å². The first-order valence-electron chi connectivity index (χ1n) is 9.14. The van der Waals surface area contributed by atoms with E-state index in [9.17, 15) is 13.2 Å². The van der Waals surface area contributed by atoms with Crippen molar-refractivity contribution >= 4 is 33.4 Å². The molecule has 28 heavy (non-hydrogen) atoms. The minimum Gasteiger partial charge on any atom is -0.323 e. The first-order chi connectivity index (χ1) is 13.2. The Bertz CT molecular complexity index is 965. The smallest absolute Gasteiger partial charge is 0.244 e. The fraction of sp³-hybridized carbons (Fsp3) is 0.400. The Hall–Kier alpha value is -1.90. The number of carbonyl (C=O) groups excluding carboxylic acids is 1. The Morgan fingerprint density at radius 3 is 2.46 bits per heavy atom. The molecule has 1 N–H and O–H groups in total. The van der Waals surface area contributed by atoms with E-state index in [1.807, 2.05) is 31.4 Å². The van der Waals surface area contributed by atoms with E-state index >= 15 is 0 Å². The van der Waals surface area contributed by atoms with E-state index in [4.69, 9.17) is 0 Å². The van der Waals surface area contributed by atoms with Crippen LogP contribution in [-0.2, 0) is 14.8 Å². The third kappa shape index (κ3) is 4.09. The molecule has 0 saturated carbocycles. The highest BCUT2D eigenvalue weighted by Gasteiger charge is 2.40. The largest absolute Gasteiger partial charge is 0.323 e. The predicted octanol–water partition coefficient (Wildman–Crippen LogP) is 3.52. The van der Waals surface area contributed by atoms with Crippen molar-refractivity contribution in [2.24, 2.45) is 0 Å². The first kappa shape index (κ1) is 20.8. The van der Waals surface area contributed by atoms with E-state index in [1.54, 1.807) is 26.1 Å². The maximum absolute atomic E-state index is 13.4. The molecule has 150 valence electrons. The van der Waals surface area contributed by atoms with Gasteiger partial charge in [0, 0.05) is 6.54 Å². The number of nitrogens with one attached hydrogen (secondary N) is 1. The minimum absolute atomic E-state index is 0.309. The number of aryl methyl sites for hydroxylation is 3. The summed E-state index contributed by atoms with van der Waals surface area (Å²) in [7, 11) is -3.76. The van der Waals surface area contributed by atoms with Gasteiger partial charge < -0.3 is 5.32 Å². The van der Waals surface area contributed by atoms with Gasteiger partial charge in [-0.2, -0.15) is 4.31 Å². The minimum atomic E-state index is -3.76. The molecule has 8 heteroatoms. The van der Waals surface area contributed by atoms with Crippen molar-refractivity contribution in [1.82, 2.24) is 9.29 Å². The fourth-order valence-electron chi connectivity index (χ4n) is 3.78. The van der Waals surface area contributed by atoms with Crippen LogP contribution in [0.3, 0.4) is 0 Å². The summed E-state index contributed by atoms with van der Waals surface area (Å²) in [6.07, 6.45) is 4.68. The molecule has 1 unspecified atom stereocenters. The van der Waals surface area contributed by atoms with Gasteiger partial charge in [0.05, 0.1) is 21.8 Å². The molecular weight excluding hydrogens is 394 g/mol. The number of hydrogen-bond donors (Lipinski definition) is 1. The second kappa shape index (κ2) is 8.23. The molecule has 0 bridgehead atoms. The normalized spacial score (nSPS) is 17.6. The van der Waals surface area contributed by atoms with Crippen LogP contribution in [-0.4, -0.2) is 42.5 Å². The zero-order valence-corrected chi connectivity index (χ0v) is 18.2. The lowest BCUT2D eigenvalue weighted by molar-refractivity contribution is -0.119. The molecular formula is C20H25N3O3S2. The number of amides is 1. The van der Waals surface area contributed by atoms with E-state index in [2.05, 4.69) is 10.3 Å². The average Bonchev–Trinajstić information content (AvgIpc) is 3.12. The zero-order chi connectivity index (χ0) is 20.5. The summed E-state index contributed by atoms with van der Waals surface area (Å²) in [5.74, 6) is -0.317. The number of rotatable bonds is 5. The van der Waals surface area contributed by atoms with Gasteiger partial charge >= 0.3 is 0 Å². The van der Waals surface area contributed by atoms with Crippen LogP contribution in [0.25, 0.3) is 0 Å². The number of anilines is 1. The molecule has 6 nitrogen and oxygen atoms in total. The summed E-state index contributed by atoms with van der Waals surface area (Å²) in [5.41, 5.74) is 3.00. The molecule has 1 aliphatic rings. The Kier molecular flexibility index (Phi) is 6.12. The highest BCUT2D eigenvalue weighted by Crippen LogP contribution is 2.31. The lowest BCUT2D eigenvalue weighted by atomic mass is 10.1. The van der Waals surface area contributed by atoms with Gasteiger partial charge in [-0.1, -0.05) is 17.7 Å². The van der Waals surface area contributed by atoms with Crippen molar-refractivity contribution in [3.63, 3.8) is 0 Å². The van der Waals surface area contributed by atoms with Crippen molar-refractivity contribution in [2.45, 2.75) is 49.6 Å². The molecule has 1 atom stereocenters. The topological polar surface area (TPSA) is 79.4 Å². The molecule has 2 heterocycles. The van der Waals surface area contributed by atoms with Crippen molar-refractivity contribution in [1.29, 1.82) is 0 Å². The van der Waals surface area contributed by atoms with Gasteiger partial charge in [0.1, 0.15) is 6.04 Å². The third-order valence-corrected chi connectivity index (χ3v) is 7.76. The first-order valence-corrected chi connectivity index (χ1v) is 11.8. The predicted molar refractivity (Wildman–Crippen MR) is 112 cm³/mol. The van der Waals surface area contributed by atoms with E-state index in [0.717, 1.165) is 10.6 Å². The SMILES string of the molecule is CSc1ccc(NC(=O)C2CCCN2S(=O)(=O)c2c(C)cc(C)cc2C)cn1. The fourth-order valence-corrected chi connectivity index (χ4v) is 6.22. The summed E-state index contributed by atoms with van der Waals surface area (Å²) in [6, 6.07) is 6.61. The standard InChI is InChI=1S/C20H25N3O3S2/c1-13-10-14(2)19(15(3)11-13)28(25,26)23-9-5-6-17(23)20(24)22-16-7-8-18(27-4)21-12-16/h7-8,10-12,17H,5-6,9H2,1-4H3,(H,22,24). The maximum Gasteiger partial charge on any atom is 0.244 e. The second-order valence-corrected chi connectivity index (χ2v) is 9.73. The molecule has 1 fully saturated rings. The van der Waals surface area contributed by atoms with E-state index in [1.165, 1.54) is 16.1 Å². The van der Waals surface area contributed by atoms with Gasteiger partial charge in [-0.3, -0.25) is 4.79 Å². The lowest BCUT2D eigenvalue weighted by Gasteiger charge is -2.25. The van der Waals surface area contributed by atoms with Gasteiger partial charge in [-0.05, 0) is 63.1 Å². The number of carbonyl (C=O) groups is 1. The van der Waals surface area contributed by atoms with Crippen LogP contribution in [0.5, 0.6) is 0 Å². The number of aromatic nitrogens is 1. The Labute approximate surface area is 170 Å². The van der Waals surface area contributed by atoms with Crippen LogP contribution in [0.4, 0.5) is 5.69 Å². The van der Waals surface area contributed by atoms with E-state index < -0.39 is 16.1 Å². The van der Waals surface area contributed by atoms with Gasteiger partial charge in [0.25, 0.3) is 0 Å². The number of hydrogen-bond acceptors (Lipinski definition) is 5. The molecule has 0 spiro atoms. The third-order valence-electron chi connectivity index (χ3n) is 4.89. The number of thioether (sulfide) groups is 1. The molecule has 3 rings (SSSR count). The maximum atomic E-state index is 13.4. The summed E-state index contributed by atoms with van der Waals surface area (Å²) >= 11 is 1.52. The van der Waals surface area contributed by atoms with E-state index in [0.29, 0.717) is 41.1 Å². The second-order valence-electron chi connectivity index (χ2n) is 7.08. The van der Waals surface area contributed by atoms with Crippen LogP contribution in [0.1, 0.15) is 29.5 Å². The Morgan fingerprint density at radius 1 is 1.21 bits per heavy atom. The molecule has 1 aromatic carbocycles. The Balaban J connectivity index is 1.86. The summed E-state index contributed by atoms with van der Waals surface area (Å²) in [5, 5.41) is 3.67. The number of benzene rings is 1. The summed E-state index contributed by atoms with van der Waals surface area (Å²) < 4.78 is 28.1. The average molecular weight is 420 g/mol. The van der Waals surface area contributed by atoms with Crippen LogP contribution < -0.4 is 5.32 Å². The van der Waals surface area contributed by atoms with Crippen molar-refractivity contribution in [3.05, 3.63) is 47.2 Å². The number of sulfonamides is 1. The van der Waals surface area contributed by atoms with Crippen molar-refractivity contribution in [2.75, 3.05) is 18.1 Å². The quantitative estimate of drug-likeness (QED) is 0.750. The van der Waals surface area contributed by atoms with Gasteiger partial charge in [0.15, 0.2) is 0 Å². The monoisotopic (exact) mass is 419 g/mol. The molecule has 0 aliphatic carbocycles. The molecule has 0 radical (unpaired) electrons. The summed E-state index contributed by atoms with van der Waals surface area (Å²) in [4.78, 5) is 17.4. The Morgan fingerprint density at radius 2 is 1.89 bits per heavy atom. The zero-order valence-electron chi connectivity index (χ0n) is 16.5. The highest BCUT2D eigenvalue weighted by molar-refractivity contribution is 7.98. The molecule has 1 amide bonds. The van der Waals surface area contributed by atoms with Gasteiger partial charge in [-0.25, -0.2) is 13.4 Å². The summed E-state index contributed by atoms with van der Waals surface area (Å²) in [6.45, 7) is 5.89. The van der Waals surface area contributed by atoms with Crippen LogP contribution in [0.2, 0.25) is 0 Å². The molecule has 1 aromatic heterocycles. The lowest BCUT2D eigenvalue weighted by Crippen LogP contribution is -2.43. The molecule has 1 aliphatic heterocycles. The van der Waals surface area contributed by atoms with Crippen molar-refractivity contribution < 1.29 is 13.2 Å². The van der Waals surface area contributed by atoms with E-state index in [-0.39, 0.29) is 5.91 Å². The van der Waals surface area contributed by atoms with Crippen LogP contribution >= 0.6 is 11.8 Å². The molecule has 1 saturated heterocycles. The van der Waals surface area contributed by atoms with Crippen molar-refractivity contribution in [3.8, 4) is 0 Å². The van der Waals surface area contributed by atoms with Gasteiger partial charge in [-0.15, -0.1) is 11.8 Å².